The zero-order chi connectivity index (χ0) is 12.2. The van der Waals surface area contributed by atoms with Crippen LogP contribution in [0.25, 0.3) is 0 Å². The van der Waals surface area contributed by atoms with Crippen molar-refractivity contribution in [2.45, 2.75) is 70.9 Å². The van der Waals surface area contributed by atoms with E-state index in [1.165, 1.54) is 25.7 Å². The highest BCUT2D eigenvalue weighted by Gasteiger charge is 2.27. The van der Waals surface area contributed by atoms with E-state index in [1.807, 2.05) is 0 Å². The van der Waals surface area contributed by atoms with Gasteiger partial charge in [0.05, 0.1) is 5.54 Å². The normalized spacial score (nSPS) is 24.9. The Morgan fingerprint density at radius 3 is 2.24 bits per heavy atom. The van der Waals surface area contributed by atoms with Crippen LogP contribution >= 0.6 is 12.4 Å². The van der Waals surface area contributed by atoms with Crippen molar-refractivity contribution < 1.29 is 4.79 Å². The van der Waals surface area contributed by atoms with Crippen molar-refractivity contribution in [3.05, 3.63) is 0 Å². The number of amides is 1. The van der Waals surface area contributed by atoms with Crippen LogP contribution in [0.3, 0.4) is 0 Å². The molecule has 0 unspecified atom stereocenters. The van der Waals surface area contributed by atoms with E-state index in [1.54, 1.807) is 13.8 Å². The summed E-state index contributed by atoms with van der Waals surface area (Å²) in [6.07, 6.45) is 7.35. The van der Waals surface area contributed by atoms with Crippen molar-refractivity contribution in [3.8, 4) is 0 Å². The van der Waals surface area contributed by atoms with Crippen molar-refractivity contribution in [2.75, 3.05) is 0 Å². The monoisotopic (exact) mass is 262 g/mol. The number of carbonyl (C=O) groups is 1. The highest BCUT2D eigenvalue weighted by molar-refractivity contribution is 5.85. The Kier molecular flexibility index (Phi) is 7.10. The van der Waals surface area contributed by atoms with Crippen LogP contribution in [0.2, 0.25) is 0 Å². The minimum Gasteiger partial charge on any atom is -0.352 e. The zero-order valence-electron chi connectivity index (χ0n) is 11.3. The van der Waals surface area contributed by atoms with Gasteiger partial charge in [-0.25, -0.2) is 0 Å². The first-order chi connectivity index (χ1) is 7.43. The molecule has 0 heterocycles. The third kappa shape index (κ3) is 5.73. The van der Waals surface area contributed by atoms with Gasteiger partial charge in [0.25, 0.3) is 0 Å². The third-order valence-corrected chi connectivity index (χ3v) is 3.46. The molecule has 4 heteroatoms. The van der Waals surface area contributed by atoms with Gasteiger partial charge in [0.2, 0.25) is 5.91 Å². The van der Waals surface area contributed by atoms with Gasteiger partial charge in [-0.15, -0.1) is 12.4 Å². The molecule has 1 rings (SSSR count). The second-order valence-corrected chi connectivity index (χ2v) is 5.70. The minimum atomic E-state index is -0.750. The lowest BCUT2D eigenvalue weighted by Gasteiger charge is -2.31. The van der Waals surface area contributed by atoms with Crippen molar-refractivity contribution >= 4 is 18.3 Å². The number of rotatable bonds is 4. The van der Waals surface area contributed by atoms with Crippen molar-refractivity contribution in [3.63, 3.8) is 0 Å². The Hall–Kier alpha value is -0.280. The summed E-state index contributed by atoms with van der Waals surface area (Å²) < 4.78 is 0. The van der Waals surface area contributed by atoms with E-state index in [-0.39, 0.29) is 18.3 Å². The highest BCUT2D eigenvalue weighted by atomic mass is 35.5. The zero-order valence-corrected chi connectivity index (χ0v) is 12.1. The summed E-state index contributed by atoms with van der Waals surface area (Å²) in [5, 5.41) is 3.06. The molecule has 0 bridgehead atoms. The van der Waals surface area contributed by atoms with Crippen LogP contribution in [0.15, 0.2) is 0 Å². The van der Waals surface area contributed by atoms with E-state index in [4.69, 9.17) is 5.73 Å². The summed E-state index contributed by atoms with van der Waals surface area (Å²) in [4.78, 5) is 11.7. The molecule has 0 aromatic rings. The van der Waals surface area contributed by atoms with Crippen LogP contribution in [-0.4, -0.2) is 17.5 Å². The SMILES string of the molecule is CCCC1CCC(NC(=O)C(C)(C)N)CC1.Cl. The maximum absolute atomic E-state index is 11.7. The largest absolute Gasteiger partial charge is 0.352 e. The molecular weight excluding hydrogens is 236 g/mol. The Bertz CT molecular complexity index is 230. The van der Waals surface area contributed by atoms with E-state index >= 15 is 0 Å². The first kappa shape index (κ1) is 16.7. The molecule has 0 aliphatic heterocycles. The van der Waals surface area contributed by atoms with E-state index in [0.29, 0.717) is 6.04 Å². The van der Waals surface area contributed by atoms with Gasteiger partial charge in [-0.1, -0.05) is 19.8 Å². The molecule has 3 nitrogen and oxygen atoms in total. The Morgan fingerprint density at radius 1 is 1.29 bits per heavy atom. The van der Waals surface area contributed by atoms with Gasteiger partial charge in [-0.3, -0.25) is 4.79 Å². The van der Waals surface area contributed by atoms with Crippen molar-refractivity contribution in [1.29, 1.82) is 0 Å². The maximum atomic E-state index is 11.7. The molecule has 0 spiro atoms. The summed E-state index contributed by atoms with van der Waals surface area (Å²) in [6, 6.07) is 0.350. The fourth-order valence-electron chi connectivity index (χ4n) is 2.38. The number of hydrogen-bond acceptors (Lipinski definition) is 2. The molecule has 0 aromatic carbocycles. The molecule has 0 aromatic heterocycles. The Labute approximate surface area is 111 Å². The fraction of sp³-hybridized carbons (Fsp3) is 0.923. The number of carbonyl (C=O) groups excluding carboxylic acids is 1. The van der Waals surface area contributed by atoms with Gasteiger partial charge in [0.1, 0.15) is 0 Å². The van der Waals surface area contributed by atoms with Crippen LogP contribution in [0.4, 0.5) is 0 Å². The van der Waals surface area contributed by atoms with Gasteiger partial charge in [-0.05, 0) is 45.4 Å². The number of halogens is 1. The average Bonchev–Trinajstić information content (AvgIpc) is 2.20. The summed E-state index contributed by atoms with van der Waals surface area (Å²) >= 11 is 0. The molecule has 3 N–H and O–H groups in total. The average molecular weight is 263 g/mol. The lowest BCUT2D eigenvalue weighted by molar-refractivity contribution is -0.126. The molecule has 102 valence electrons. The van der Waals surface area contributed by atoms with Crippen LogP contribution in [-0.2, 0) is 4.79 Å². The summed E-state index contributed by atoms with van der Waals surface area (Å²) in [6.45, 7) is 5.75. The van der Waals surface area contributed by atoms with Crippen LogP contribution in [0, 0.1) is 5.92 Å². The number of hydrogen-bond donors (Lipinski definition) is 2. The molecule has 1 aliphatic rings. The molecule has 0 atom stereocenters. The first-order valence-electron chi connectivity index (χ1n) is 6.53. The quantitative estimate of drug-likeness (QED) is 0.818. The van der Waals surface area contributed by atoms with Gasteiger partial charge >= 0.3 is 0 Å². The lowest BCUT2D eigenvalue weighted by atomic mass is 9.83. The number of nitrogens with one attached hydrogen (secondary N) is 1. The third-order valence-electron chi connectivity index (χ3n) is 3.46. The van der Waals surface area contributed by atoms with E-state index < -0.39 is 5.54 Å². The molecule has 1 fully saturated rings. The van der Waals surface area contributed by atoms with Crippen LogP contribution in [0.5, 0.6) is 0 Å². The fourth-order valence-corrected chi connectivity index (χ4v) is 2.38. The highest BCUT2D eigenvalue weighted by Crippen LogP contribution is 2.27. The number of nitrogens with two attached hydrogens (primary N) is 1. The van der Waals surface area contributed by atoms with Crippen molar-refractivity contribution in [1.82, 2.24) is 5.32 Å². The van der Waals surface area contributed by atoms with Crippen molar-refractivity contribution in [2.24, 2.45) is 11.7 Å². The van der Waals surface area contributed by atoms with E-state index in [2.05, 4.69) is 12.2 Å². The van der Waals surface area contributed by atoms with Crippen LogP contribution < -0.4 is 11.1 Å². The Balaban J connectivity index is 0.00000256. The second-order valence-electron chi connectivity index (χ2n) is 5.70. The second kappa shape index (κ2) is 7.22. The molecule has 1 amide bonds. The lowest BCUT2D eigenvalue weighted by Crippen LogP contribution is -2.52. The Morgan fingerprint density at radius 2 is 1.82 bits per heavy atom. The summed E-state index contributed by atoms with van der Waals surface area (Å²) in [5.41, 5.74) is 5.01. The molecule has 0 saturated heterocycles. The molecule has 17 heavy (non-hydrogen) atoms. The van der Waals surface area contributed by atoms with Gasteiger partial charge in [0.15, 0.2) is 0 Å². The maximum Gasteiger partial charge on any atom is 0.239 e. The van der Waals surface area contributed by atoms with Crippen LogP contribution in [0.1, 0.15) is 59.3 Å². The van der Waals surface area contributed by atoms with E-state index in [9.17, 15) is 4.79 Å². The summed E-state index contributed by atoms with van der Waals surface area (Å²) in [5.74, 6) is 0.857. The van der Waals surface area contributed by atoms with Gasteiger partial charge in [0, 0.05) is 6.04 Å². The molecule has 1 saturated carbocycles. The summed E-state index contributed by atoms with van der Waals surface area (Å²) in [7, 11) is 0. The predicted molar refractivity (Wildman–Crippen MR) is 74.3 cm³/mol. The minimum absolute atomic E-state index is 0. The predicted octanol–water partition coefficient (Wildman–Crippen LogP) is 2.62. The van der Waals surface area contributed by atoms with Gasteiger partial charge < -0.3 is 11.1 Å². The molecule has 1 aliphatic carbocycles. The topological polar surface area (TPSA) is 55.1 Å². The first-order valence-corrected chi connectivity index (χ1v) is 6.53. The molecule has 0 radical (unpaired) electrons. The molecular formula is C13H27ClN2O. The van der Waals surface area contributed by atoms with Gasteiger partial charge in [-0.2, -0.15) is 0 Å². The van der Waals surface area contributed by atoms with E-state index in [0.717, 1.165) is 18.8 Å². The standard InChI is InChI=1S/C13H26N2O.ClH/c1-4-5-10-6-8-11(9-7-10)15-12(16)13(2,3)14;/h10-11H,4-9,14H2,1-3H3,(H,15,16);1H. The smallest absolute Gasteiger partial charge is 0.239 e.